The van der Waals surface area contributed by atoms with Gasteiger partial charge in [-0.05, 0) is 68.7 Å². The van der Waals surface area contributed by atoms with Crippen molar-refractivity contribution < 1.29 is 17.6 Å². The van der Waals surface area contributed by atoms with Gasteiger partial charge >= 0.3 is 0 Å². The van der Waals surface area contributed by atoms with E-state index >= 15 is 0 Å². The molecule has 0 unspecified atom stereocenters. The van der Waals surface area contributed by atoms with Gasteiger partial charge in [0.2, 0.25) is 15.9 Å². The zero-order valence-corrected chi connectivity index (χ0v) is 18.3. The van der Waals surface area contributed by atoms with E-state index in [9.17, 15) is 17.6 Å². The first-order chi connectivity index (χ1) is 14.8. The van der Waals surface area contributed by atoms with Gasteiger partial charge in [0, 0.05) is 30.8 Å². The number of carbonyl (C=O) groups is 1. The van der Waals surface area contributed by atoms with Crippen LogP contribution < -0.4 is 5.32 Å². The third kappa shape index (κ3) is 4.33. The van der Waals surface area contributed by atoms with Crippen LogP contribution in [0.5, 0.6) is 0 Å². The predicted molar refractivity (Wildman–Crippen MR) is 118 cm³/mol. The van der Waals surface area contributed by atoms with Crippen LogP contribution in [0, 0.1) is 18.7 Å². The minimum Gasteiger partial charge on any atom is -0.310 e. The molecular weight excluding hydrogens is 419 g/mol. The van der Waals surface area contributed by atoms with Gasteiger partial charge in [-0.1, -0.05) is 0 Å². The fourth-order valence-corrected chi connectivity index (χ4v) is 5.00. The number of halogens is 1. The number of anilines is 1. The standard InChI is InChI=1S/C22H25FN4O3S/c1-3-31(29,30)26-11-9-17(10-12-26)22(28)25-21-20(16-4-6-18(23)7-5-16)24-19-14-15(2)8-13-27(19)21/h4-8,13-14,17H,3,9-12H2,1-2H3,(H,25,28). The van der Waals surface area contributed by atoms with Gasteiger partial charge < -0.3 is 5.32 Å². The van der Waals surface area contributed by atoms with Crippen LogP contribution in [-0.2, 0) is 14.8 Å². The van der Waals surface area contributed by atoms with Crippen LogP contribution in [0.15, 0.2) is 42.6 Å². The Labute approximate surface area is 181 Å². The van der Waals surface area contributed by atoms with Gasteiger partial charge in [-0.3, -0.25) is 9.20 Å². The van der Waals surface area contributed by atoms with Crippen molar-refractivity contribution in [3.05, 3.63) is 54.0 Å². The summed E-state index contributed by atoms with van der Waals surface area (Å²) < 4.78 is 40.8. The summed E-state index contributed by atoms with van der Waals surface area (Å²) in [7, 11) is -3.24. The molecule has 1 aliphatic heterocycles. The zero-order chi connectivity index (χ0) is 22.2. The van der Waals surface area contributed by atoms with Crippen LogP contribution in [0.1, 0.15) is 25.3 Å². The van der Waals surface area contributed by atoms with Gasteiger partial charge in [-0.15, -0.1) is 0 Å². The summed E-state index contributed by atoms with van der Waals surface area (Å²) in [5, 5.41) is 3.00. The highest BCUT2D eigenvalue weighted by Gasteiger charge is 2.31. The Bertz CT molecular complexity index is 1210. The number of sulfonamides is 1. The molecule has 9 heteroatoms. The molecule has 3 aromatic rings. The number of amides is 1. The van der Waals surface area contributed by atoms with E-state index in [1.54, 1.807) is 23.5 Å². The number of benzene rings is 1. The van der Waals surface area contributed by atoms with Gasteiger partial charge in [-0.2, -0.15) is 0 Å². The van der Waals surface area contributed by atoms with Crippen molar-refractivity contribution in [1.82, 2.24) is 13.7 Å². The Balaban J connectivity index is 1.61. The van der Waals surface area contributed by atoms with Crippen molar-refractivity contribution in [3.8, 4) is 11.3 Å². The van der Waals surface area contributed by atoms with Crippen molar-refractivity contribution >= 4 is 27.4 Å². The van der Waals surface area contributed by atoms with Crippen LogP contribution >= 0.6 is 0 Å². The number of aromatic nitrogens is 2. The lowest BCUT2D eigenvalue weighted by atomic mass is 9.97. The minimum atomic E-state index is -3.24. The first-order valence-electron chi connectivity index (χ1n) is 10.3. The summed E-state index contributed by atoms with van der Waals surface area (Å²) >= 11 is 0. The van der Waals surface area contributed by atoms with E-state index in [2.05, 4.69) is 10.3 Å². The van der Waals surface area contributed by atoms with E-state index in [4.69, 9.17) is 0 Å². The Hall–Kier alpha value is -2.78. The van der Waals surface area contributed by atoms with Gasteiger partial charge in [0.25, 0.3) is 0 Å². The number of fused-ring (bicyclic) bond motifs is 1. The summed E-state index contributed by atoms with van der Waals surface area (Å²) in [6.45, 7) is 4.26. The molecule has 2 aromatic heterocycles. The monoisotopic (exact) mass is 444 g/mol. The number of imidazole rings is 1. The van der Waals surface area contributed by atoms with Crippen LogP contribution in [0.4, 0.5) is 10.2 Å². The molecule has 0 aliphatic carbocycles. The lowest BCUT2D eigenvalue weighted by molar-refractivity contribution is -0.120. The van der Waals surface area contributed by atoms with Gasteiger partial charge in [-0.25, -0.2) is 22.1 Å². The van der Waals surface area contributed by atoms with Crippen molar-refractivity contribution in [3.63, 3.8) is 0 Å². The minimum absolute atomic E-state index is 0.0616. The van der Waals surface area contributed by atoms with E-state index in [1.165, 1.54) is 16.4 Å². The van der Waals surface area contributed by atoms with Gasteiger partial charge in [0.15, 0.2) is 0 Å². The average molecular weight is 445 g/mol. The highest BCUT2D eigenvalue weighted by atomic mass is 32.2. The summed E-state index contributed by atoms with van der Waals surface area (Å²) in [6, 6.07) is 9.82. The molecule has 7 nitrogen and oxygen atoms in total. The molecule has 31 heavy (non-hydrogen) atoms. The zero-order valence-electron chi connectivity index (χ0n) is 17.5. The quantitative estimate of drug-likeness (QED) is 0.653. The third-order valence-electron chi connectivity index (χ3n) is 5.72. The second-order valence-electron chi connectivity index (χ2n) is 7.81. The number of nitrogens with one attached hydrogen (secondary N) is 1. The number of aryl methyl sites for hydroxylation is 1. The maximum Gasteiger partial charge on any atom is 0.228 e. The molecule has 4 rings (SSSR count). The van der Waals surface area contributed by atoms with Crippen molar-refractivity contribution in [2.24, 2.45) is 5.92 Å². The molecule has 1 fully saturated rings. The smallest absolute Gasteiger partial charge is 0.228 e. The maximum atomic E-state index is 13.4. The van der Waals surface area contributed by atoms with E-state index in [0.717, 1.165) is 5.56 Å². The molecule has 1 aromatic carbocycles. The number of hydrogen-bond donors (Lipinski definition) is 1. The fraction of sp³-hybridized carbons (Fsp3) is 0.364. The van der Waals surface area contributed by atoms with E-state index in [0.29, 0.717) is 48.7 Å². The van der Waals surface area contributed by atoms with E-state index in [-0.39, 0.29) is 23.4 Å². The lowest BCUT2D eigenvalue weighted by Gasteiger charge is -2.30. The third-order valence-corrected chi connectivity index (χ3v) is 7.61. The highest BCUT2D eigenvalue weighted by molar-refractivity contribution is 7.89. The second-order valence-corrected chi connectivity index (χ2v) is 10.1. The number of nitrogens with zero attached hydrogens (tertiary/aromatic N) is 3. The van der Waals surface area contributed by atoms with Crippen LogP contribution in [-0.4, -0.2) is 46.9 Å². The SMILES string of the molecule is CCS(=O)(=O)N1CCC(C(=O)Nc2c(-c3ccc(F)cc3)nc3cc(C)ccn23)CC1. The number of hydrogen-bond acceptors (Lipinski definition) is 4. The van der Waals surface area contributed by atoms with E-state index < -0.39 is 10.0 Å². The normalized spacial score (nSPS) is 16.0. The molecule has 0 atom stereocenters. The largest absolute Gasteiger partial charge is 0.310 e. The predicted octanol–water partition coefficient (Wildman–Crippen LogP) is 3.45. The topological polar surface area (TPSA) is 83.8 Å². The first kappa shape index (κ1) is 21.5. The molecule has 1 aliphatic rings. The molecule has 1 N–H and O–H groups in total. The second kappa shape index (κ2) is 8.39. The Morgan fingerprint density at radius 2 is 1.87 bits per heavy atom. The fourth-order valence-electron chi connectivity index (χ4n) is 3.87. The number of carbonyl (C=O) groups excluding carboxylic acids is 1. The summed E-state index contributed by atoms with van der Waals surface area (Å²) in [5.41, 5.74) is 2.97. The van der Waals surface area contributed by atoms with Crippen LogP contribution in [0.3, 0.4) is 0 Å². The van der Waals surface area contributed by atoms with Crippen LogP contribution in [0.2, 0.25) is 0 Å². The molecule has 3 heterocycles. The average Bonchev–Trinajstić information content (AvgIpc) is 3.11. The summed E-state index contributed by atoms with van der Waals surface area (Å²) in [5.74, 6) is -0.218. The molecule has 1 amide bonds. The van der Waals surface area contributed by atoms with Crippen molar-refractivity contribution in [2.75, 3.05) is 24.2 Å². The van der Waals surface area contributed by atoms with Crippen molar-refractivity contribution in [1.29, 1.82) is 0 Å². The maximum absolute atomic E-state index is 13.4. The molecule has 164 valence electrons. The molecule has 0 radical (unpaired) electrons. The van der Waals surface area contributed by atoms with Crippen LogP contribution in [0.25, 0.3) is 16.9 Å². The number of pyridine rings is 1. The lowest BCUT2D eigenvalue weighted by Crippen LogP contribution is -2.42. The molecule has 0 saturated carbocycles. The highest BCUT2D eigenvalue weighted by Crippen LogP contribution is 2.31. The summed E-state index contributed by atoms with van der Waals surface area (Å²) in [6.07, 6.45) is 2.77. The molecule has 0 spiro atoms. The van der Waals surface area contributed by atoms with Gasteiger partial charge in [0.1, 0.15) is 23.0 Å². The number of rotatable bonds is 5. The molecule has 0 bridgehead atoms. The number of piperidine rings is 1. The van der Waals surface area contributed by atoms with Gasteiger partial charge in [0.05, 0.1) is 5.75 Å². The Morgan fingerprint density at radius 3 is 2.52 bits per heavy atom. The Kier molecular flexibility index (Phi) is 5.81. The Morgan fingerprint density at radius 1 is 1.19 bits per heavy atom. The summed E-state index contributed by atoms with van der Waals surface area (Å²) in [4.78, 5) is 17.7. The molecule has 1 saturated heterocycles. The van der Waals surface area contributed by atoms with E-state index in [1.807, 2.05) is 25.3 Å². The first-order valence-corrected chi connectivity index (χ1v) is 11.9. The van der Waals surface area contributed by atoms with Crippen molar-refractivity contribution in [2.45, 2.75) is 26.7 Å². The molecular formula is C22H25FN4O3S.